The number of ether oxygens (including phenoxy) is 2. The van der Waals surface area contributed by atoms with Crippen LogP contribution in [0.25, 0.3) is 0 Å². The molecule has 1 amide bonds. The maximum Gasteiger partial charge on any atom is 0.342 e. The number of rotatable bonds is 7. The Labute approximate surface area is 145 Å². The van der Waals surface area contributed by atoms with Crippen LogP contribution >= 0.6 is 0 Å². The van der Waals surface area contributed by atoms with E-state index in [1.54, 1.807) is 36.4 Å². The van der Waals surface area contributed by atoms with Gasteiger partial charge in [0.05, 0.1) is 7.11 Å². The minimum absolute atomic E-state index is 0.260. The predicted octanol–water partition coefficient (Wildman–Crippen LogP) is 2.74. The molecule has 5 nitrogen and oxygen atoms in total. The van der Waals surface area contributed by atoms with Gasteiger partial charge in [-0.3, -0.25) is 4.79 Å². The van der Waals surface area contributed by atoms with Crippen LogP contribution in [0.1, 0.15) is 22.8 Å². The van der Waals surface area contributed by atoms with E-state index in [0.717, 1.165) is 5.56 Å². The van der Waals surface area contributed by atoms with Gasteiger partial charge in [-0.1, -0.05) is 24.3 Å². The largest absolute Gasteiger partial charge is 0.496 e. The van der Waals surface area contributed by atoms with Gasteiger partial charge in [-0.15, -0.1) is 0 Å². The summed E-state index contributed by atoms with van der Waals surface area (Å²) in [4.78, 5) is 24.2. The van der Waals surface area contributed by atoms with Crippen LogP contribution in [0.15, 0.2) is 48.5 Å². The summed E-state index contributed by atoms with van der Waals surface area (Å²) in [5.74, 6) is -0.940. The second kappa shape index (κ2) is 8.82. The molecule has 2 aromatic rings. The Morgan fingerprint density at radius 2 is 1.80 bits per heavy atom. The number of methoxy groups -OCH3 is 1. The van der Waals surface area contributed by atoms with Gasteiger partial charge < -0.3 is 14.8 Å². The molecule has 0 unspecified atom stereocenters. The molecule has 0 spiro atoms. The molecule has 0 heterocycles. The molecule has 0 aliphatic rings. The molecule has 1 atom stereocenters. The average Bonchev–Trinajstić information content (AvgIpc) is 2.63. The first-order chi connectivity index (χ1) is 12.0. The fourth-order valence-electron chi connectivity index (χ4n) is 2.22. The number of para-hydroxylation sites is 1. The van der Waals surface area contributed by atoms with Gasteiger partial charge in [0.2, 0.25) is 0 Å². The highest BCUT2D eigenvalue weighted by molar-refractivity contribution is 5.94. The normalized spacial score (nSPS) is 11.5. The number of nitrogens with one attached hydrogen (secondary N) is 1. The lowest BCUT2D eigenvalue weighted by atomic mass is 10.1. The molecule has 6 heteroatoms. The highest BCUT2D eigenvalue weighted by Gasteiger charge is 2.20. The summed E-state index contributed by atoms with van der Waals surface area (Å²) >= 11 is 0. The van der Waals surface area contributed by atoms with Crippen LogP contribution in [0, 0.1) is 5.82 Å². The number of hydrogen-bond acceptors (Lipinski definition) is 4. The van der Waals surface area contributed by atoms with Crippen molar-refractivity contribution < 1.29 is 23.5 Å². The van der Waals surface area contributed by atoms with Gasteiger partial charge in [0.15, 0.2) is 6.10 Å². The molecule has 0 aromatic heterocycles. The van der Waals surface area contributed by atoms with Crippen molar-refractivity contribution in [2.75, 3.05) is 13.7 Å². The summed E-state index contributed by atoms with van der Waals surface area (Å²) in [6, 6.07) is 12.7. The molecular formula is C19H20FNO4. The van der Waals surface area contributed by atoms with Crippen molar-refractivity contribution in [3.05, 3.63) is 65.5 Å². The Kier molecular flexibility index (Phi) is 6.51. The van der Waals surface area contributed by atoms with Crippen molar-refractivity contribution in [3.8, 4) is 5.75 Å². The average molecular weight is 345 g/mol. The molecule has 0 aliphatic carbocycles. The zero-order valence-electron chi connectivity index (χ0n) is 14.1. The monoisotopic (exact) mass is 345 g/mol. The molecule has 0 radical (unpaired) electrons. The van der Waals surface area contributed by atoms with E-state index in [0.29, 0.717) is 18.7 Å². The molecule has 0 aliphatic heterocycles. The van der Waals surface area contributed by atoms with Crippen LogP contribution < -0.4 is 10.1 Å². The summed E-state index contributed by atoms with van der Waals surface area (Å²) in [7, 11) is 1.46. The number of halogens is 1. The van der Waals surface area contributed by atoms with Gasteiger partial charge in [0.1, 0.15) is 17.1 Å². The molecule has 0 fully saturated rings. The fraction of sp³-hybridized carbons (Fsp3) is 0.263. The standard InChI is InChI=1S/C19H20FNO4/c1-13(25-19(23)16-5-3-4-6-17(16)24-2)18(22)21-12-11-14-7-9-15(20)10-8-14/h3-10,13H,11-12H2,1-2H3,(H,21,22)/t13-/m0/s1. The van der Waals surface area contributed by atoms with Crippen molar-refractivity contribution in [2.24, 2.45) is 0 Å². The van der Waals surface area contributed by atoms with E-state index < -0.39 is 18.0 Å². The van der Waals surface area contributed by atoms with Gasteiger partial charge in [0.25, 0.3) is 5.91 Å². The maximum absolute atomic E-state index is 12.8. The third kappa shape index (κ3) is 5.31. The van der Waals surface area contributed by atoms with E-state index in [-0.39, 0.29) is 11.4 Å². The SMILES string of the molecule is COc1ccccc1C(=O)O[C@@H](C)C(=O)NCCc1ccc(F)cc1. The van der Waals surface area contributed by atoms with Crippen molar-refractivity contribution in [1.29, 1.82) is 0 Å². The third-order valence-corrected chi connectivity index (χ3v) is 3.61. The molecule has 1 N–H and O–H groups in total. The molecular weight excluding hydrogens is 325 g/mol. The van der Waals surface area contributed by atoms with Crippen LogP contribution in [0.2, 0.25) is 0 Å². The van der Waals surface area contributed by atoms with Crippen LogP contribution in [0.4, 0.5) is 4.39 Å². The van der Waals surface area contributed by atoms with Crippen molar-refractivity contribution in [1.82, 2.24) is 5.32 Å². The lowest BCUT2D eigenvalue weighted by Crippen LogP contribution is -2.37. The fourth-order valence-corrected chi connectivity index (χ4v) is 2.22. The number of carbonyl (C=O) groups excluding carboxylic acids is 2. The van der Waals surface area contributed by atoms with E-state index >= 15 is 0 Å². The minimum atomic E-state index is -0.939. The summed E-state index contributed by atoms with van der Waals surface area (Å²) in [5, 5.41) is 2.69. The van der Waals surface area contributed by atoms with Crippen LogP contribution in [-0.4, -0.2) is 31.6 Å². The van der Waals surface area contributed by atoms with E-state index in [1.807, 2.05) is 0 Å². The van der Waals surface area contributed by atoms with E-state index in [4.69, 9.17) is 9.47 Å². The molecule has 2 aromatic carbocycles. The van der Waals surface area contributed by atoms with Crippen LogP contribution in [-0.2, 0) is 16.0 Å². The lowest BCUT2D eigenvalue weighted by Gasteiger charge is -2.14. The number of amides is 1. The Hall–Kier alpha value is -2.89. The molecule has 0 bridgehead atoms. The number of hydrogen-bond donors (Lipinski definition) is 1. The Morgan fingerprint density at radius 3 is 2.48 bits per heavy atom. The van der Waals surface area contributed by atoms with E-state index in [2.05, 4.69) is 5.32 Å². The van der Waals surface area contributed by atoms with Gasteiger partial charge in [0, 0.05) is 6.54 Å². The Bertz CT molecular complexity index is 730. The zero-order chi connectivity index (χ0) is 18.2. The third-order valence-electron chi connectivity index (χ3n) is 3.61. The molecule has 2 rings (SSSR count). The highest BCUT2D eigenvalue weighted by Crippen LogP contribution is 2.18. The topological polar surface area (TPSA) is 64.6 Å². The Balaban J connectivity index is 1.83. The molecule has 25 heavy (non-hydrogen) atoms. The maximum atomic E-state index is 12.8. The quantitative estimate of drug-likeness (QED) is 0.784. The second-order valence-corrected chi connectivity index (χ2v) is 5.42. The van der Waals surface area contributed by atoms with Crippen molar-refractivity contribution in [2.45, 2.75) is 19.4 Å². The summed E-state index contributed by atoms with van der Waals surface area (Å²) in [6.07, 6.45) is -0.384. The first-order valence-corrected chi connectivity index (χ1v) is 7.87. The van der Waals surface area contributed by atoms with Gasteiger partial charge in [-0.25, -0.2) is 9.18 Å². The van der Waals surface area contributed by atoms with Crippen molar-refractivity contribution in [3.63, 3.8) is 0 Å². The molecule has 0 saturated carbocycles. The van der Waals surface area contributed by atoms with Gasteiger partial charge >= 0.3 is 5.97 Å². The van der Waals surface area contributed by atoms with Crippen LogP contribution in [0.3, 0.4) is 0 Å². The summed E-state index contributed by atoms with van der Waals surface area (Å²) in [6.45, 7) is 1.86. The van der Waals surface area contributed by atoms with Gasteiger partial charge in [-0.05, 0) is 43.2 Å². The molecule has 132 valence electrons. The minimum Gasteiger partial charge on any atom is -0.496 e. The number of carbonyl (C=O) groups is 2. The Morgan fingerprint density at radius 1 is 1.12 bits per heavy atom. The highest BCUT2D eigenvalue weighted by atomic mass is 19.1. The first-order valence-electron chi connectivity index (χ1n) is 7.87. The van der Waals surface area contributed by atoms with Crippen molar-refractivity contribution >= 4 is 11.9 Å². The van der Waals surface area contributed by atoms with E-state index in [1.165, 1.54) is 26.2 Å². The smallest absolute Gasteiger partial charge is 0.342 e. The van der Waals surface area contributed by atoms with Gasteiger partial charge in [-0.2, -0.15) is 0 Å². The zero-order valence-corrected chi connectivity index (χ0v) is 14.1. The first kappa shape index (κ1) is 18.4. The van der Waals surface area contributed by atoms with E-state index in [9.17, 15) is 14.0 Å². The predicted molar refractivity (Wildman–Crippen MR) is 91.0 cm³/mol. The summed E-state index contributed by atoms with van der Waals surface area (Å²) in [5.41, 5.74) is 1.16. The lowest BCUT2D eigenvalue weighted by molar-refractivity contribution is -0.129. The molecule has 0 saturated heterocycles. The van der Waals surface area contributed by atoms with Crippen LogP contribution in [0.5, 0.6) is 5.75 Å². The second-order valence-electron chi connectivity index (χ2n) is 5.42. The summed E-state index contributed by atoms with van der Waals surface area (Å²) < 4.78 is 23.1. The number of benzene rings is 2. The number of esters is 1.